The van der Waals surface area contributed by atoms with Crippen LogP contribution in [0.1, 0.15) is 32.6 Å². The summed E-state index contributed by atoms with van der Waals surface area (Å²) in [5, 5.41) is 13.9. The molecule has 0 fully saturated rings. The van der Waals surface area contributed by atoms with Crippen molar-refractivity contribution in [2.24, 2.45) is 0 Å². The lowest BCUT2D eigenvalue weighted by molar-refractivity contribution is -0.138. The Labute approximate surface area is 227 Å². The maximum Gasteiger partial charge on any atom is 0.314 e. The van der Waals surface area contributed by atoms with Crippen LogP contribution in [0.3, 0.4) is 0 Å². The summed E-state index contributed by atoms with van der Waals surface area (Å²) in [6, 6.07) is -0.252. The maximum atomic E-state index is 11.7. The van der Waals surface area contributed by atoms with Crippen molar-refractivity contribution < 1.29 is 52.6 Å². The second-order valence-corrected chi connectivity index (χ2v) is 7.93. The third kappa shape index (κ3) is 32.4. The summed E-state index contributed by atoms with van der Waals surface area (Å²) < 4.78 is 42.8. The van der Waals surface area contributed by atoms with E-state index < -0.39 is 5.97 Å². The fourth-order valence-corrected chi connectivity index (χ4v) is 2.67. The van der Waals surface area contributed by atoms with E-state index in [1.54, 1.807) is 0 Å². The Balaban J connectivity index is 3.13. The van der Waals surface area contributed by atoms with E-state index in [-0.39, 0.29) is 19.1 Å². The number of rotatable bonds is 31. The molecule has 0 saturated carbocycles. The van der Waals surface area contributed by atoms with Crippen LogP contribution in [0, 0.1) is 0 Å². The normalized spacial score (nSPS) is 11.1. The molecule has 13 nitrogen and oxygen atoms in total. The highest BCUT2D eigenvalue weighted by atomic mass is 16.6. The van der Waals surface area contributed by atoms with Gasteiger partial charge in [0.25, 0.3) is 0 Å². The minimum Gasteiger partial charge on any atom is -0.481 e. The number of carbonyl (C=O) groups excluding carboxylic acids is 1. The first-order chi connectivity index (χ1) is 18.7. The van der Waals surface area contributed by atoms with Gasteiger partial charge in [0.1, 0.15) is 0 Å². The molecule has 226 valence electrons. The molecule has 0 atom stereocenters. The third-order valence-corrected chi connectivity index (χ3v) is 4.65. The molecule has 0 aromatic rings. The highest BCUT2D eigenvalue weighted by Crippen LogP contribution is 1.93. The largest absolute Gasteiger partial charge is 0.481 e. The van der Waals surface area contributed by atoms with E-state index in [0.29, 0.717) is 106 Å². The lowest BCUT2D eigenvalue weighted by Crippen LogP contribution is -2.39. The average molecular weight is 555 g/mol. The lowest BCUT2D eigenvalue weighted by atomic mass is 10.3. The first-order valence-electron chi connectivity index (χ1n) is 13.5. The molecule has 13 heteroatoms. The molecule has 0 spiro atoms. The maximum absolute atomic E-state index is 11.7. The van der Waals surface area contributed by atoms with Gasteiger partial charge in [-0.05, 0) is 6.42 Å². The Morgan fingerprint density at radius 1 is 0.500 bits per heavy atom. The number of ether oxygens (including phenoxy) is 8. The minimum absolute atomic E-state index is 0.00487. The predicted molar refractivity (Wildman–Crippen MR) is 140 cm³/mol. The number of unbranched alkanes of at least 4 members (excludes halogenated alkanes) is 2. The second-order valence-electron chi connectivity index (χ2n) is 7.93. The monoisotopic (exact) mass is 554 g/mol. The zero-order valence-electron chi connectivity index (χ0n) is 23.1. The van der Waals surface area contributed by atoms with Gasteiger partial charge in [0.15, 0.2) is 0 Å². The van der Waals surface area contributed by atoms with E-state index in [0.717, 1.165) is 13.0 Å². The molecule has 38 heavy (non-hydrogen) atoms. The van der Waals surface area contributed by atoms with Crippen LogP contribution in [-0.4, -0.2) is 136 Å². The molecule has 0 aliphatic heterocycles. The molecular weight excluding hydrogens is 504 g/mol. The van der Waals surface area contributed by atoms with Gasteiger partial charge >= 0.3 is 12.0 Å². The van der Waals surface area contributed by atoms with E-state index in [9.17, 15) is 9.59 Å². The van der Waals surface area contributed by atoms with Crippen molar-refractivity contribution in [2.45, 2.75) is 32.6 Å². The summed E-state index contributed by atoms with van der Waals surface area (Å²) in [4.78, 5) is 22.0. The van der Waals surface area contributed by atoms with Gasteiger partial charge in [0, 0.05) is 19.7 Å². The molecule has 0 rings (SSSR count). The van der Waals surface area contributed by atoms with E-state index in [4.69, 9.17) is 43.0 Å². The molecule has 0 aliphatic rings. The van der Waals surface area contributed by atoms with Crippen LogP contribution in [-0.2, 0) is 42.7 Å². The Morgan fingerprint density at radius 3 is 1.21 bits per heavy atom. The van der Waals surface area contributed by atoms with Crippen molar-refractivity contribution in [3.05, 3.63) is 0 Å². The third-order valence-electron chi connectivity index (χ3n) is 4.65. The average Bonchev–Trinajstić information content (AvgIpc) is 2.90. The molecule has 0 radical (unpaired) electrons. The van der Waals surface area contributed by atoms with Crippen LogP contribution in [0.5, 0.6) is 0 Å². The van der Waals surface area contributed by atoms with Crippen LogP contribution in [0.2, 0.25) is 0 Å². The van der Waals surface area contributed by atoms with Crippen molar-refractivity contribution in [1.82, 2.24) is 10.6 Å². The number of urea groups is 1. The minimum atomic E-state index is -0.877. The quantitative estimate of drug-likeness (QED) is 0.106. The standard InChI is InChI=1S/C25H50N2O11/c1-2-3-4-8-31-12-14-33-10-6-26-25(30)27-7-11-34-15-17-36-19-21-38-23-22-37-20-18-35-16-13-32-9-5-24(28)29/h2-23H2,1H3,(H,28,29)(H2,26,27,30). The topological polar surface area (TPSA) is 152 Å². The fourth-order valence-electron chi connectivity index (χ4n) is 2.67. The Morgan fingerprint density at radius 2 is 0.842 bits per heavy atom. The Bertz CT molecular complexity index is 516. The van der Waals surface area contributed by atoms with Gasteiger partial charge in [-0.1, -0.05) is 19.8 Å². The number of carboxylic acids is 1. The zero-order valence-corrected chi connectivity index (χ0v) is 23.1. The van der Waals surface area contributed by atoms with Crippen LogP contribution in [0.25, 0.3) is 0 Å². The van der Waals surface area contributed by atoms with Gasteiger partial charge in [-0.15, -0.1) is 0 Å². The summed E-state index contributed by atoms with van der Waals surface area (Å²) in [6.07, 6.45) is 3.45. The first-order valence-corrected chi connectivity index (χ1v) is 13.5. The summed E-state index contributed by atoms with van der Waals surface area (Å²) in [5.41, 5.74) is 0. The number of hydrogen-bond acceptors (Lipinski definition) is 10. The summed E-state index contributed by atoms with van der Waals surface area (Å²) >= 11 is 0. The molecule has 0 aliphatic carbocycles. The summed E-state index contributed by atoms with van der Waals surface area (Å²) in [5.74, 6) is -0.877. The number of nitrogens with one attached hydrogen (secondary N) is 2. The Hall–Kier alpha value is -1.58. The molecule has 0 bridgehead atoms. The van der Waals surface area contributed by atoms with Gasteiger partial charge in [0.2, 0.25) is 0 Å². The highest BCUT2D eigenvalue weighted by molar-refractivity contribution is 5.73. The smallest absolute Gasteiger partial charge is 0.314 e. The van der Waals surface area contributed by atoms with E-state index in [1.165, 1.54) is 12.8 Å². The van der Waals surface area contributed by atoms with Crippen LogP contribution in [0.15, 0.2) is 0 Å². The molecule has 0 unspecified atom stereocenters. The number of aliphatic carboxylic acids is 1. The Kier molecular flexibility index (Phi) is 30.3. The van der Waals surface area contributed by atoms with Gasteiger partial charge < -0.3 is 53.6 Å². The molecule has 2 amide bonds. The molecule has 0 saturated heterocycles. The molecule has 0 heterocycles. The van der Waals surface area contributed by atoms with Crippen LogP contribution < -0.4 is 10.6 Å². The molecule has 3 N–H and O–H groups in total. The van der Waals surface area contributed by atoms with E-state index in [1.807, 2.05) is 0 Å². The summed E-state index contributed by atoms with van der Waals surface area (Å²) in [6.45, 7) is 10.3. The van der Waals surface area contributed by atoms with Gasteiger partial charge in [-0.3, -0.25) is 4.79 Å². The van der Waals surface area contributed by atoms with Crippen molar-refractivity contribution >= 4 is 12.0 Å². The van der Waals surface area contributed by atoms with Gasteiger partial charge in [-0.2, -0.15) is 0 Å². The number of carboxylic acid groups (broad SMARTS) is 1. The molecule has 0 aromatic carbocycles. The van der Waals surface area contributed by atoms with Gasteiger partial charge in [-0.25, -0.2) is 4.79 Å². The second kappa shape index (κ2) is 31.6. The number of carbonyl (C=O) groups is 2. The SMILES string of the molecule is CCCCCOCCOCCNC(=O)NCCOCCOCCOCCOCCOCCOCCC(=O)O. The van der Waals surface area contributed by atoms with E-state index >= 15 is 0 Å². The van der Waals surface area contributed by atoms with E-state index in [2.05, 4.69) is 17.6 Å². The predicted octanol–water partition coefficient (Wildman–Crippen LogP) is 1.08. The number of hydrogen-bond donors (Lipinski definition) is 3. The van der Waals surface area contributed by atoms with Crippen LogP contribution >= 0.6 is 0 Å². The van der Waals surface area contributed by atoms with Crippen molar-refractivity contribution in [1.29, 1.82) is 0 Å². The lowest BCUT2D eigenvalue weighted by Gasteiger charge is -2.09. The van der Waals surface area contributed by atoms with Crippen molar-refractivity contribution in [3.8, 4) is 0 Å². The fraction of sp³-hybridized carbons (Fsp3) is 0.920. The van der Waals surface area contributed by atoms with Crippen LogP contribution in [0.4, 0.5) is 4.79 Å². The zero-order chi connectivity index (χ0) is 27.8. The molecular formula is C25H50N2O11. The van der Waals surface area contributed by atoms with Crippen molar-refractivity contribution in [3.63, 3.8) is 0 Å². The first kappa shape index (κ1) is 36.4. The summed E-state index contributed by atoms with van der Waals surface area (Å²) in [7, 11) is 0. The van der Waals surface area contributed by atoms with Gasteiger partial charge in [0.05, 0.1) is 106 Å². The molecule has 0 aromatic heterocycles. The highest BCUT2D eigenvalue weighted by Gasteiger charge is 2.00. The number of amides is 2. The van der Waals surface area contributed by atoms with Crippen molar-refractivity contribution in [2.75, 3.05) is 119 Å².